The smallest absolute Gasteiger partial charge is 0.177 e. The maximum absolute atomic E-state index is 3.99. The van der Waals surface area contributed by atoms with Crippen molar-refractivity contribution < 1.29 is 0 Å². The molecular formula is C11H12N4. The summed E-state index contributed by atoms with van der Waals surface area (Å²) in [6.45, 7) is 4.08. The number of benzene rings is 1. The largest absolute Gasteiger partial charge is 0.205 e. The Hall–Kier alpha value is -1.97. The molecule has 4 nitrogen and oxygen atoms in total. The van der Waals surface area contributed by atoms with Crippen LogP contribution in [0.25, 0.3) is 17.0 Å². The molecule has 4 heteroatoms. The van der Waals surface area contributed by atoms with Crippen LogP contribution in [-0.4, -0.2) is 20.6 Å². The third-order valence-electron chi connectivity index (χ3n) is 2.37. The average Bonchev–Trinajstić information content (AvgIpc) is 2.81. The van der Waals surface area contributed by atoms with Gasteiger partial charge in [0.1, 0.15) is 0 Å². The van der Waals surface area contributed by atoms with E-state index in [4.69, 9.17) is 0 Å². The molecule has 0 amide bonds. The lowest BCUT2D eigenvalue weighted by atomic mass is 10.0. The average molecular weight is 200 g/mol. The summed E-state index contributed by atoms with van der Waals surface area (Å²) in [5.74, 6) is 0.631. The van der Waals surface area contributed by atoms with E-state index in [0.717, 1.165) is 11.1 Å². The van der Waals surface area contributed by atoms with Gasteiger partial charge in [-0.2, -0.15) is 5.21 Å². The zero-order chi connectivity index (χ0) is 10.7. The molecule has 0 saturated carbocycles. The van der Waals surface area contributed by atoms with Crippen molar-refractivity contribution in [2.75, 3.05) is 0 Å². The highest BCUT2D eigenvalue weighted by Gasteiger charge is 2.08. The van der Waals surface area contributed by atoms with Crippen LogP contribution in [0.1, 0.15) is 19.4 Å². The van der Waals surface area contributed by atoms with Crippen molar-refractivity contribution in [1.82, 2.24) is 20.6 Å². The molecule has 0 spiro atoms. The molecule has 2 aromatic rings. The van der Waals surface area contributed by atoms with Crippen LogP contribution in [0.4, 0.5) is 0 Å². The van der Waals surface area contributed by atoms with E-state index < -0.39 is 0 Å². The topological polar surface area (TPSA) is 54.5 Å². The van der Waals surface area contributed by atoms with E-state index in [1.807, 2.05) is 25.1 Å². The van der Waals surface area contributed by atoms with E-state index >= 15 is 0 Å². The third kappa shape index (κ3) is 1.79. The molecule has 0 fully saturated rings. The molecule has 1 N–H and O–H groups in total. The number of aromatic amines is 1. The van der Waals surface area contributed by atoms with Gasteiger partial charge in [0, 0.05) is 5.56 Å². The van der Waals surface area contributed by atoms with Crippen LogP contribution in [0.3, 0.4) is 0 Å². The van der Waals surface area contributed by atoms with E-state index in [1.165, 1.54) is 5.57 Å². The number of tetrazole rings is 1. The predicted molar refractivity (Wildman–Crippen MR) is 58.9 cm³/mol. The van der Waals surface area contributed by atoms with E-state index in [2.05, 4.69) is 39.7 Å². The van der Waals surface area contributed by atoms with Crippen molar-refractivity contribution in [1.29, 1.82) is 0 Å². The molecule has 0 atom stereocenters. The number of hydrogen-bond acceptors (Lipinski definition) is 3. The van der Waals surface area contributed by atoms with Crippen molar-refractivity contribution >= 4 is 5.57 Å². The second kappa shape index (κ2) is 4.04. The van der Waals surface area contributed by atoms with Crippen LogP contribution in [0.2, 0.25) is 0 Å². The molecule has 0 aliphatic heterocycles. The minimum Gasteiger partial charge on any atom is -0.177 e. The Bertz CT molecular complexity index is 471. The van der Waals surface area contributed by atoms with Gasteiger partial charge < -0.3 is 0 Å². The molecule has 0 saturated heterocycles. The summed E-state index contributed by atoms with van der Waals surface area (Å²) in [5, 5.41) is 14.0. The van der Waals surface area contributed by atoms with Crippen LogP contribution in [-0.2, 0) is 0 Å². The van der Waals surface area contributed by atoms with Gasteiger partial charge in [0.05, 0.1) is 0 Å². The number of nitrogens with zero attached hydrogens (tertiary/aromatic N) is 3. The first-order valence-corrected chi connectivity index (χ1v) is 4.79. The molecule has 0 bridgehead atoms. The van der Waals surface area contributed by atoms with Gasteiger partial charge in [0.15, 0.2) is 0 Å². The zero-order valence-electron chi connectivity index (χ0n) is 8.73. The van der Waals surface area contributed by atoms with Gasteiger partial charge in [0.25, 0.3) is 0 Å². The van der Waals surface area contributed by atoms with E-state index in [1.54, 1.807) is 0 Å². The van der Waals surface area contributed by atoms with Crippen molar-refractivity contribution in [2.24, 2.45) is 0 Å². The maximum Gasteiger partial charge on any atom is 0.205 e. The molecular weight excluding hydrogens is 188 g/mol. The standard InChI is InChI=1S/C11H12N4/c1-3-8(2)9-6-4-5-7-10(9)11-12-14-15-13-11/h3-7H,1-2H3,(H,12,13,14,15). The fourth-order valence-electron chi connectivity index (χ4n) is 1.45. The Morgan fingerprint density at radius 3 is 2.80 bits per heavy atom. The lowest BCUT2D eigenvalue weighted by Crippen LogP contribution is -1.88. The molecule has 76 valence electrons. The summed E-state index contributed by atoms with van der Waals surface area (Å²) in [6, 6.07) is 8.03. The summed E-state index contributed by atoms with van der Waals surface area (Å²) in [7, 11) is 0. The van der Waals surface area contributed by atoms with Gasteiger partial charge in [-0.3, -0.25) is 0 Å². The second-order valence-corrected chi connectivity index (χ2v) is 3.25. The number of aromatic nitrogens is 4. The zero-order valence-corrected chi connectivity index (χ0v) is 8.73. The first kappa shape index (κ1) is 9.58. The highest BCUT2D eigenvalue weighted by Crippen LogP contribution is 2.25. The molecule has 1 heterocycles. The summed E-state index contributed by atoms with van der Waals surface area (Å²) < 4.78 is 0. The molecule has 15 heavy (non-hydrogen) atoms. The monoisotopic (exact) mass is 200 g/mol. The van der Waals surface area contributed by atoms with Crippen LogP contribution in [0, 0.1) is 0 Å². The van der Waals surface area contributed by atoms with E-state index in [-0.39, 0.29) is 0 Å². The van der Waals surface area contributed by atoms with Crippen molar-refractivity contribution in [3.63, 3.8) is 0 Å². The lowest BCUT2D eigenvalue weighted by Gasteiger charge is -2.05. The minimum absolute atomic E-state index is 0.631. The van der Waals surface area contributed by atoms with Gasteiger partial charge >= 0.3 is 0 Å². The van der Waals surface area contributed by atoms with Gasteiger partial charge in [-0.05, 0) is 30.2 Å². The van der Waals surface area contributed by atoms with E-state index in [0.29, 0.717) is 5.82 Å². The highest BCUT2D eigenvalue weighted by atomic mass is 15.5. The number of nitrogens with one attached hydrogen (secondary N) is 1. The van der Waals surface area contributed by atoms with Gasteiger partial charge in [-0.15, -0.1) is 10.2 Å². The van der Waals surface area contributed by atoms with Gasteiger partial charge in [-0.1, -0.05) is 30.3 Å². The van der Waals surface area contributed by atoms with Crippen LogP contribution >= 0.6 is 0 Å². The third-order valence-corrected chi connectivity index (χ3v) is 2.37. The molecule has 0 aliphatic carbocycles. The molecule has 0 radical (unpaired) electrons. The summed E-state index contributed by atoms with van der Waals surface area (Å²) in [5.41, 5.74) is 3.35. The molecule has 1 aromatic carbocycles. The Labute approximate surface area is 88.0 Å². The Kier molecular flexibility index (Phi) is 2.58. The first-order chi connectivity index (χ1) is 7.33. The van der Waals surface area contributed by atoms with Crippen molar-refractivity contribution in [2.45, 2.75) is 13.8 Å². The molecule has 2 rings (SSSR count). The normalized spacial score (nSPS) is 11.7. The number of allylic oxidation sites excluding steroid dienone is 2. The van der Waals surface area contributed by atoms with Crippen LogP contribution in [0.15, 0.2) is 30.3 Å². The van der Waals surface area contributed by atoms with E-state index in [9.17, 15) is 0 Å². The van der Waals surface area contributed by atoms with Gasteiger partial charge in [0.2, 0.25) is 5.82 Å². The summed E-state index contributed by atoms with van der Waals surface area (Å²) >= 11 is 0. The quantitative estimate of drug-likeness (QED) is 0.809. The van der Waals surface area contributed by atoms with Gasteiger partial charge in [-0.25, -0.2) is 0 Å². The number of H-pyrrole nitrogens is 1. The van der Waals surface area contributed by atoms with Crippen LogP contribution < -0.4 is 0 Å². The SMILES string of the molecule is CC=C(C)c1ccccc1-c1nn[nH]n1. The second-order valence-electron chi connectivity index (χ2n) is 3.25. The fraction of sp³-hybridized carbons (Fsp3) is 0.182. The summed E-state index contributed by atoms with van der Waals surface area (Å²) in [6.07, 6.45) is 2.07. The molecule has 1 aromatic heterocycles. The Morgan fingerprint density at radius 1 is 1.33 bits per heavy atom. The lowest BCUT2D eigenvalue weighted by molar-refractivity contribution is 0.881. The van der Waals surface area contributed by atoms with Crippen molar-refractivity contribution in [3.8, 4) is 11.4 Å². The fourth-order valence-corrected chi connectivity index (χ4v) is 1.45. The summed E-state index contributed by atoms with van der Waals surface area (Å²) in [4.78, 5) is 0. The highest BCUT2D eigenvalue weighted by molar-refractivity contribution is 5.77. The van der Waals surface area contributed by atoms with Crippen LogP contribution in [0.5, 0.6) is 0 Å². The Morgan fingerprint density at radius 2 is 2.13 bits per heavy atom. The van der Waals surface area contributed by atoms with Crippen molar-refractivity contribution in [3.05, 3.63) is 35.9 Å². The minimum atomic E-state index is 0.631. The number of hydrogen-bond donors (Lipinski definition) is 1. The molecule has 0 unspecified atom stereocenters. The molecule has 0 aliphatic rings. The predicted octanol–water partition coefficient (Wildman–Crippen LogP) is 2.29. The maximum atomic E-state index is 3.99. The number of rotatable bonds is 2. The Balaban J connectivity index is 2.57. The first-order valence-electron chi connectivity index (χ1n) is 4.79.